The van der Waals surface area contributed by atoms with Gasteiger partial charge in [0.15, 0.2) is 5.58 Å². The van der Waals surface area contributed by atoms with Gasteiger partial charge in [-0.15, -0.1) is 5.10 Å². The van der Waals surface area contributed by atoms with Crippen LogP contribution in [0, 0.1) is 0 Å². The van der Waals surface area contributed by atoms with Crippen molar-refractivity contribution in [3.8, 4) is 5.75 Å². The van der Waals surface area contributed by atoms with Crippen LogP contribution < -0.4 is 4.74 Å². The monoisotopic (exact) mass is 352 g/mol. The van der Waals surface area contributed by atoms with E-state index in [1.54, 1.807) is 7.11 Å². The van der Waals surface area contributed by atoms with Crippen LogP contribution in [-0.2, 0) is 12.3 Å². The maximum Gasteiger partial charge on any atom is 0.257 e. The van der Waals surface area contributed by atoms with Crippen molar-refractivity contribution in [1.82, 2.24) is 20.0 Å². The molecule has 0 bridgehead atoms. The molecule has 0 unspecified atom stereocenters. The zero-order valence-electron chi connectivity index (χ0n) is 13.6. The number of oxazole rings is 1. The van der Waals surface area contributed by atoms with E-state index in [-0.39, 0.29) is 0 Å². The summed E-state index contributed by atoms with van der Waals surface area (Å²) in [6.45, 7) is 0.671. The van der Waals surface area contributed by atoms with E-state index in [0.717, 1.165) is 28.1 Å². The summed E-state index contributed by atoms with van der Waals surface area (Å²) in [5.41, 5.74) is 3.70. The Balaban J connectivity index is 1.38. The largest absolute Gasteiger partial charge is 0.497 e. The Morgan fingerprint density at radius 1 is 1.12 bits per heavy atom. The molecule has 0 aliphatic rings. The van der Waals surface area contributed by atoms with Gasteiger partial charge in [0, 0.05) is 11.9 Å². The molecule has 0 fully saturated rings. The topological polar surface area (TPSA) is 66.0 Å². The fraction of sp³-hybridized carbons (Fsp3) is 0.167. The van der Waals surface area contributed by atoms with Crippen LogP contribution >= 0.6 is 11.8 Å². The molecule has 2 aromatic heterocycles. The van der Waals surface area contributed by atoms with E-state index >= 15 is 0 Å². The Kier molecular flexibility index (Phi) is 4.39. The minimum absolute atomic E-state index is 0.644. The molecular formula is C18H16N4O2S. The van der Waals surface area contributed by atoms with Gasteiger partial charge in [0.1, 0.15) is 11.3 Å². The first kappa shape index (κ1) is 15.7. The highest BCUT2D eigenvalue weighted by atomic mass is 32.2. The van der Waals surface area contributed by atoms with E-state index in [2.05, 4.69) is 15.3 Å². The molecule has 4 aromatic rings. The van der Waals surface area contributed by atoms with Crippen LogP contribution in [0.15, 0.2) is 64.4 Å². The van der Waals surface area contributed by atoms with E-state index in [9.17, 15) is 0 Å². The second-order valence-electron chi connectivity index (χ2n) is 5.49. The number of benzene rings is 2. The number of rotatable bonds is 6. The molecule has 7 heteroatoms. The molecule has 4 rings (SSSR count). The molecule has 2 aromatic carbocycles. The van der Waals surface area contributed by atoms with Crippen LogP contribution in [-0.4, -0.2) is 27.1 Å². The zero-order chi connectivity index (χ0) is 17.1. The molecule has 0 aliphatic heterocycles. The number of fused-ring (bicyclic) bond motifs is 1. The second-order valence-corrected chi connectivity index (χ2v) is 6.42. The summed E-state index contributed by atoms with van der Waals surface area (Å²) in [6.07, 6.45) is 1.94. The third-order valence-electron chi connectivity index (χ3n) is 3.71. The number of methoxy groups -OCH3 is 1. The Morgan fingerprint density at radius 2 is 1.96 bits per heavy atom. The number of para-hydroxylation sites is 2. The second kappa shape index (κ2) is 6.98. The summed E-state index contributed by atoms with van der Waals surface area (Å²) in [6, 6.07) is 15.7. The van der Waals surface area contributed by atoms with Gasteiger partial charge < -0.3 is 9.15 Å². The van der Waals surface area contributed by atoms with Crippen molar-refractivity contribution in [1.29, 1.82) is 0 Å². The molecule has 0 radical (unpaired) electrons. The molecule has 6 nitrogen and oxygen atoms in total. The zero-order valence-corrected chi connectivity index (χ0v) is 14.4. The summed E-state index contributed by atoms with van der Waals surface area (Å²) in [4.78, 5) is 4.45. The molecule has 0 amide bonds. The molecule has 2 heterocycles. The Morgan fingerprint density at radius 3 is 2.76 bits per heavy atom. The average Bonchev–Trinajstić information content (AvgIpc) is 3.26. The van der Waals surface area contributed by atoms with Gasteiger partial charge in [-0.25, -0.2) is 9.67 Å². The summed E-state index contributed by atoms with van der Waals surface area (Å²) < 4.78 is 12.7. The van der Waals surface area contributed by atoms with E-state index in [0.29, 0.717) is 17.5 Å². The number of ether oxygens (including phenoxy) is 1. The Hall–Kier alpha value is -2.80. The number of hydrogen-bond acceptors (Lipinski definition) is 6. The van der Waals surface area contributed by atoms with Crippen molar-refractivity contribution in [2.45, 2.75) is 17.5 Å². The van der Waals surface area contributed by atoms with Crippen molar-refractivity contribution in [3.63, 3.8) is 0 Å². The van der Waals surface area contributed by atoms with Gasteiger partial charge in [0.2, 0.25) is 0 Å². The van der Waals surface area contributed by atoms with Gasteiger partial charge in [-0.05, 0) is 29.8 Å². The minimum Gasteiger partial charge on any atom is -0.497 e. The summed E-state index contributed by atoms with van der Waals surface area (Å²) in [5, 5.41) is 9.04. The predicted molar refractivity (Wildman–Crippen MR) is 95.7 cm³/mol. The lowest BCUT2D eigenvalue weighted by Crippen LogP contribution is -2.00. The molecule has 0 N–H and O–H groups in total. The third kappa shape index (κ3) is 3.66. The summed E-state index contributed by atoms with van der Waals surface area (Å²) >= 11 is 1.51. The van der Waals surface area contributed by atoms with Crippen molar-refractivity contribution >= 4 is 22.9 Å². The number of thioether (sulfide) groups is 1. The molecule has 0 saturated carbocycles. The van der Waals surface area contributed by atoms with Crippen LogP contribution in [0.25, 0.3) is 11.1 Å². The molecular weight excluding hydrogens is 336 g/mol. The van der Waals surface area contributed by atoms with Gasteiger partial charge in [0.25, 0.3) is 5.22 Å². The molecule has 126 valence electrons. The normalized spacial score (nSPS) is 11.1. The quantitative estimate of drug-likeness (QED) is 0.492. The van der Waals surface area contributed by atoms with E-state index in [1.807, 2.05) is 59.4 Å². The van der Waals surface area contributed by atoms with Gasteiger partial charge in [-0.2, -0.15) is 0 Å². The number of nitrogens with zero attached hydrogens (tertiary/aromatic N) is 4. The van der Waals surface area contributed by atoms with E-state index in [4.69, 9.17) is 9.15 Å². The van der Waals surface area contributed by atoms with Crippen molar-refractivity contribution in [2.75, 3.05) is 7.11 Å². The van der Waals surface area contributed by atoms with Crippen LogP contribution in [0.3, 0.4) is 0 Å². The number of hydrogen-bond donors (Lipinski definition) is 0. The van der Waals surface area contributed by atoms with Gasteiger partial charge in [-0.3, -0.25) is 0 Å². The predicted octanol–water partition coefficient (Wildman–Crippen LogP) is 3.77. The third-order valence-corrected chi connectivity index (χ3v) is 4.57. The van der Waals surface area contributed by atoms with Gasteiger partial charge in [0.05, 0.1) is 19.3 Å². The van der Waals surface area contributed by atoms with Crippen LogP contribution in [0.1, 0.15) is 11.3 Å². The molecule has 25 heavy (non-hydrogen) atoms. The standard InChI is InChI=1S/C18H16N4O2S/c1-23-15-8-6-13(7-9-15)10-22-11-14(20-21-22)12-25-18-19-16-4-2-3-5-17(16)24-18/h2-9,11H,10,12H2,1H3. The van der Waals surface area contributed by atoms with Crippen molar-refractivity contribution in [2.24, 2.45) is 0 Å². The average molecular weight is 352 g/mol. The first-order valence-electron chi connectivity index (χ1n) is 7.80. The first-order valence-corrected chi connectivity index (χ1v) is 8.79. The fourth-order valence-corrected chi connectivity index (χ4v) is 3.16. The lowest BCUT2D eigenvalue weighted by Gasteiger charge is -2.02. The van der Waals surface area contributed by atoms with Crippen molar-refractivity contribution in [3.05, 3.63) is 66.0 Å². The maximum absolute atomic E-state index is 5.70. The Bertz CT molecular complexity index is 945. The van der Waals surface area contributed by atoms with E-state index < -0.39 is 0 Å². The fourth-order valence-electron chi connectivity index (χ4n) is 2.45. The maximum atomic E-state index is 5.70. The van der Waals surface area contributed by atoms with Crippen LogP contribution in [0.5, 0.6) is 5.75 Å². The lowest BCUT2D eigenvalue weighted by atomic mass is 10.2. The SMILES string of the molecule is COc1ccc(Cn2cc(CSc3nc4ccccc4o3)nn2)cc1. The lowest BCUT2D eigenvalue weighted by molar-refractivity contribution is 0.414. The molecule has 0 saturated heterocycles. The first-order chi connectivity index (χ1) is 12.3. The van der Waals surface area contributed by atoms with E-state index in [1.165, 1.54) is 11.8 Å². The highest BCUT2D eigenvalue weighted by molar-refractivity contribution is 7.98. The minimum atomic E-state index is 0.644. The van der Waals surface area contributed by atoms with Gasteiger partial charge >= 0.3 is 0 Å². The van der Waals surface area contributed by atoms with Crippen LogP contribution in [0.4, 0.5) is 0 Å². The molecule has 0 atom stereocenters. The van der Waals surface area contributed by atoms with Crippen molar-refractivity contribution < 1.29 is 9.15 Å². The smallest absolute Gasteiger partial charge is 0.257 e. The van der Waals surface area contributed by atoms with Crippen LogP contribution in [0.2, 0.25) is 0 Å². The Labute approximate surface area is 148 Å². The van der Waals surface area contributed by atoms with Gasteiger partial charge in [-0.1, -0.05) is 41.2 Å². The highest BCUT2D eigenvalue weighted by Crippen LogP contribution is 2.25. The number of aromatic nitrogens is 4. The summed E-state index contributed by atoms with van der Waals surface area (Å²) in [7, 11) is 1.66. The molecule has 0 aliphatic carbocycles. The molecule has 0 spiro atoms. The summed E-state index contributed by atoms with van der Waals surface area (Å²) in [5.74, 6) is 1.51. The highest BCUT2D eigenvalue weighted by Gasteiger charge is 2.08.